The van der Waals surface area contributed by atoms with Crippen LogP contribution in [0.3, 0.4) is 0 Å². The van der Waals surface area contributed by atoms with Crippen molar-refractivity contribution in [3.8, 4) is 0 Å². The van der Waals surface area contributed by atoms with Crippen molar-refractivity contribution in [1.82, 2.24) is 4.90 Å². The molecule has 5 nitrogen and oxygen atoms in total. The molecule has 17 heavy (non-hydrogen) atoms. The first kappa shape index (κ1) is 11.7. The highest BCUT2D eigenvalue weighted by Gasteiger charge is 2.22. The summed E-state index contributed by atoms with van der Waals surface area (Å²) < 4.78 is 5.10. The lowest BCUT2D eigenvalue weighted by Crippen LogP contribution is -2.35. The van der Waals surface area contributed by atoms with E-state index in [0.717, 1.165) is 12.8 Å². The molecule has 1 amide bonds. The highest BCUT2D eigenvalue weighted by molar-refractivity contribution is 5.88. The first-order chi connectivity index (χ1) is 8.20. The summed E-state index contributed by atoms with van der Waals surface area (Å²) in [7, 11) is 1.60. The van der Waals surface area contributed by atoms with E-state index >= 15 is 0 Å². The summed E-state index contributed by atoms with van der Waals surface area (Å²) in [6, 6.07) is 0.117. The van der Waals surface area contributed by atoms with Gasteiger partial charge in [-0.25, -0.2) is 9.79 Å². The zero-order valence-corrected chi connectivity index (χ0v) is 9.80. The summed E-state index contributed by atoms with van der Waals surface area (Å²) in [4.78, 5) is 16.6. The second-order valence-corrected chi connectivity index (χ2v) is 4.08. The summed E-state index contributed by atoms with van der Waals surface area (Å²) >= 11 is 0. The largest absolute Gasteiger partial charge is 0.481 e. The lowest BCUT2D eigenvalue weighted by Gasteiger charge is -2.27. The van der Waals surface area contributed by atoms with E-state index in [-0.39, 0.29) is 6.04 Å². The number of hydrogen-bond donors (Lipinski definition) is 1. The number of nitrogens with zero attached hydrogens (tertiary/aromatic N) is 2. The predicted molar refractivity (Wildman–Crippen MR) is 64.3 cm³/mol. The van der Waals surface area contributed by atoms with Crippen LogP contribution in [-0.4, -0.2) is 48.2 Å². The lowest BCUT2D eigenvalue weighted by atomic mass is 9.97. The van der Waals surface area contributed by atoms with Gasteiger partial charge in [0.25, 0.3) is 0 Å². The maximum Gasteiger partial charge on any atom is 0.407 e. The molecule has 0 spiro atoms. The molecule has 0 fully saturated rings. The van der Waals surface area contributed by atoms with E-state index in [4.69, 9.17) is 9.84 Å². The Morgan fingerprint density at radius 1 is 1.65 bits per heavy atom. The topological polar surface area (TPSA) is 62.1 Å². The van der Waals surface area contributed by atoms with Gasteiger partial charge >= 0.3 is 6.09 Å². The van der Waals surface area contributed by atoms with Gasteiger partial charge in [-0.05, 0) is 24.5 Å². The minimum absolute atomic E-state index is 0.117. The van der Waals surface area contributed by atoms with Crippen molar-refractivity contribution in [3.05, 3.63) is 23.8 Å². The third-order valence-electron chi connectivity index (χ3n) is 3.05. The maximum atomic E-state index is 10.8. The van der Waals surface area contributed by atoms with Crippen molar-refractivity contribution < 1.29 is 14.6 Å². The van der Waals surface area contributed by atoms with Crippen molar-refractivity contribution >= 4 is 12.0 Å². The Labute approximate surface area is 100 Å². The van der Waals surface area contributed by atoms with Crippen LogP contribution < -0.4 is 0 Å². The number of hydrogen-bond acceptors (Lipinski definition) is 3. The number of methoxy groups -OCH3 is 1. The molecule has 2 heterocycles. The SMILES string of the molecule is COC1=NC(C2=CCN(C(=O)O)CC2)CC=C1. The molecule has 2 rings (SSSR count). The maximum absolute atomic E-state index is 10.8. The van der Waals surface area contributed by atoms with Gasteiger partial charge in [-0.3, -0.25) is 0 Å². The number of dihydropyridines is 1. The zero-order chi connectivity index (χ0) is 12.3. The number of amides is 1. The van der Waals surface area contributed by atoms with Crippen molar-refractivity contribution in [1.29, 1.82) is 0 Å². The van der Waals surface area contributed by atoms with Crippen LogP contribution in [0.2, 0.25) is 0 Å². The molecule has 0 aliphatic carbocycles. The summed E-state index contributed by atoms with van der Waals surface area (Å²) in [5.74, 6) is 0.641. The van der Waals surface area contributed by atoms with Gasteiger partial charge in [0, 0.05) is 13.1 Å². The van der Waals surface area contributed by atoms with Crippen molar-refractivity contribution in [2.24, 2.45) is 4.99 Å². The third-order valence-corrected chi connectivity index (χ3v) is 3.05. The molecule has 0 aromatic heterocycles. The van der Waals surface area contributed by atoms with E-state index in [1.807, 2.05) is 18.2 Å². The molecule has 0 saturated carbocycles. The molecule has 1 N–H and O–H groups in total. The number of carboxylic acid groups (broad SMARTS) is 1. The van der Waals surface area contributed by atoms with E-state index in [9.17, 15) is 4.79 Å². The van der Waals surface area contributed by atoms with Crippen LogP contribution in [0.5, 0.6) is 0 Å². The van der Waals surface area contributed by atoms with Crippen LogP contribution in [-0.2, 0) is 4.74 Å². The number of carbonyl (C=O) groups is 1. The lowest BCUT2D eigenvalue weighted by molar-refractivity contribution is 0.148. The highest BCUT2D eigenvalue weighted by atomic mass is 16.5. The van der Waals surface area contributed by atoms with Gasteiger partial charge in [-0.1, -0.05) is 12.2 Å². The van der Waals surface area contributed by atoms with E-state index in [2.05, 4.69) is 4.99 Å². The Balaban J connectivity index is 2.03. The van der Waals surface area contributed by atoms with Crippen LogP contribution in [0, 0.1) is 0 Å². The van der Waals surface area contributed by atoms with Crippen molar-refractivity contribution in [2.75, 3.05) is 20.2 Å². The fourth-order valence-electron chi connectivity index (χ4n) is 2.06. The minimum Gasteiger partial charge on any atom is -0.481 e. The van der Waals surface area contributed by atoms with Gasteiger partial charge < -0.3 is 14.7 Å². The quantitative estimate of drug-likeness (QED) is 0.704. The molecule has 92 valence electrons. The van der Waals surface area contributed by atoms with Crippen LogP contribution in [0.15, 0.2) is 28.8 Å². The van der Waals surface area contributed by atoms with E-state index in [1.165, 1.54) is 10.5 Å². The summed E-state index contributed by atoms with van der Waals surface area (Å²) in [5, 5.41) is 8.85. The minimum atomic E-state index is -0.857. The molecule has 2 aliphatic rings. The Bertz CT molecular complexity index is 399. The highest BCUT2D eigenvalue weighted by Crippen LogP contribution is 2.22. The fraction of sp³-hybridized carbons (Fsp3) is 0.500. The van der Waals surface area contributed by atoms with Gasteiger partial charge in [0.1, 0.15) is 0 Å². The fourth-order valence-corrected chi connectivity index (χ4v) is 2.06. The van der Waals surface area contributed by atoms with Crippen LogP contribution in [0.1, 0.15) is 12.8 Å². The summed E-state index contributed by atoms with van der Waals surface area (Å²) in [5.41, 5.74) is 1.21. The van der Waals surface area contributed by atoms with Gasteiger partial charge in [0.05, 0.1) is 13.2 Å². The molecular weight excluding hydrogens is 220 g/mol. The Morgan fingerprint density at radius 2 is 2.47 bits per heavy atom. The van der Waals surface area contributed by atoms with Crippen molar-refractivity contribution in [3.63, 3.8) is 0 Å². The standard InChI is InChI=1S/C12H16N2O3/c1-17-11-4-2-3-10(13-11)9-5-7-14(8-6-9)12(15)16/h2,4-5,10H,3,6-8H2,1H3,(H,15,16). The number of aliphatic imine (C=N–C) groups is 1. The smallest absolute Gasteiger partial charge is 0.407 e. The molecule has 0 aromatic carbocycles. The molecule has 5 heteroatoms. The Morgan fingerprint density at radius 3 is 3.06 bits per heavy atom. The normalized spacial score (nSPS) is 24.1. The monoisotopic (exact) mass is 236 g/mol. The van der Waals surface area contributed by atoms with Gasteiger partial charge in [-0.15, -0.1) is 0 Å². The van der Waals surface area contributed by atoms with Crippen LogP contribution in [0.4, 0.5) is 4.79 Å². The molecule has 0 aromatic rings. The zero-order valence-electron chi connectivity index (χ0n) is 9.80. The Kier molecular flexibility index (Phi) is 3.46. The van der Waals surface area contributed by atoms with E-state index in [1.54, 1.807) is 7.11 Å². The van der Waals surface area contributed by atoms with Gasteiger partial charge in [0.2, 0.25) is 5.90 Å². The average molecular weight is 236 g/mol. The molecule has 1 atom stereocenters. The second kappa shape index (κ2) is 5.03. The molecule has 1 unspecified atom stereocenters. The summed E-state index contributed by atoms with van der Waals surface area (Å²) in [6.45, 7) is 1.02. The first-order valence-corrected chi connectivity index (χ1v) is 5.66. The first-order valence-electron chi connectivity index (χ1n) is 5.66. The number of ether oxygens (including phenoxy) is 1. The molecule has 0 saturated heterocycles. The van der Waals surface area contributed by atoms with Gasteiger partial charge in [-0.2, -0.15) is 0 Å². The van der Waals surface area contributed by atoms with E-state index < -0.39 is 6.09 Å². The molecular formula is C12H16N2O3. The van der Waals surface area contributed by atoms with Crippen molar-refractivity contribution in [2.45, 2.75) is 18.9 Å². The third kappa shape index (κ3) is 2.67. The molecule has 0 radical (unpaired) electrons. The molecule has 2 aliphatic heterocycles. The number of rotatable bonds is 1. The van der Waals surface area contributed by atoms with Gasteiger partial charge in [0.15, 0.2) is 0 Å². The van der Waals surface area contributed by atoms with Crippen LogP contribution in [0.25, 0.3) is 0 Å². The van der Waals surface area contributed by atoms with Crippen LogP contribution >= 0.6 is 0 Å². The summed E-state index contributed by atoms with van der Waals surface area (Å²) in [6.07, 6.45) is 6.64. The molecule has 0 bridgehead atoms. The van der Waals surface area contributed by atoms with E-state index in [0.29, 0.717) is 19.0 Å². The predicted octanol–water partition coefficient (Wildman–Crippen LogP) is 1.67. The Hall–Kier alpha value is -1.78. The second-order valence-electron chi connectivity index (χ2n) is 4.08. The average Bonchev–Trinajstić information content (AvgIpc) is 2.39.